The lowest BCUT2D eigenvalue weighted by atomic mass is 10.1. The van der Waals surface area contributed by atoms with Gasteiger partial charge in [0.15, 0.2) is 0 Å². The number of aromatic nitrogens is 6. The van der Waals surface area contributed by atoms with Crippen molar-refractivity contribution in [2.24, 2.45) is 14.1 Å². The first kappa shape index (κ1) is 17.1. The van der Waals surface area contributed by atoms with Crippen molar-refractivity contribution in [3.05, 3.63) is 41.5 Å². The minimum Gasteiger partial charge on any atom is -0.493 e. The van der Waals surface area contributed by atoms with E-state index in [1.54, 1.807) is 7.05 Å². The number of aryl methyl sites for hydroxylation is 5. The van der Waals surface area contributed by atoms with Crippen LogP contribution in [0.5, 0.6) is 5.75 Å². The van der Waals surface area contributed by atoms with E-state index < -0.39 is 0 Å². The molecule has 0 saturated heterocycles. The van der Waals surface area contributed by atoms with Gasteiger partial charge in [-0.05, 0) is 55.2 Å². The van der Waals surface area contributed by atoms with Crippen LogP contribution < -0.4 is 4.74 Å². The molecular formula is C18H24N6O. The predicted molar refractivity (Wildman–Crippen MR) is 95.3 cm³/mol. The van der Waals surface area contributed by atoms with Crippen LogP contribution in [0.2, 0.25) is 0 Å². The predicted octanol–water partition coefficient (Wildman–Crippen LogP) is 2.63. The third kappa shape index (κ3) is 4.04. The van der Waals surface area contributed by atoms with Gasteiger partial charge in [0.25, 0.3) is 0 Å². The summed E-state index contributed by atoms with van der Waals surface area (Å²) in [5, 5.41) is 12.2. The summed E-state index contributed by atoms with van der Waals surface area (Å²) in [7, 11) is 3.79. The summed E-state index contributed by atoms with van der Waals surface area (Å²) in [5.41, 5.74) is 3.14. The monoisotopic (exact) mass is 340 g/mol. The maximum atomic E-state index is 6.02. The fourth-order valence-corrected chi connectivity index (χ4v) is 2.90. The molecule has 0 aliphatic heterocycles. The summed E-state index contributed by atoms with van der Waals surface area (Å²) in [6.45, 7) is 4.81. The van der Waals surface area contributed by atoms with Crippen molar-refractivity contribution >= 4 is 0 Å². The van der Waals surface area contributed by atoms with Crippen LogP contribution in [-0.2, 0) is 20.5 Å². The standard InChI is InChI=1S/C18H24N6O/c1-13-11-15(18-20-22-24(4)21-18)12-14(2)17(13)25-10-6-5-7-16-19-8-9-23(16)3/h8-9,11-12H,5-7,10H2,1-4H3. The number of hydrogen-bond acceptors (Lipinski definition) is 5. The van der Waals surface area contributed by atoms with E-state index in [9.17, 15) is 0 Å². The lowest BCUT2D eigenvalue weighted by molar-refractivity contribution is 0.302. The van der Waals surface area contributed by atoms with E-state index in [1.165, 1.54) is 4.80 Å². The second-order valence-electron chi connectivity index (χ2n) is 6.30. The van der Waals surface area contributed by atoms with Crippen molar-refractivity contribution in [2.45, 2.75) is 33.1 Å². The van der Waals surface area contributed by atoms with Gasteiger partial charge in [0, 0.05) is 31.4 Å². The van der Waals surface area contributed by atoms with Crippen molar-refractivity contribution in [2.75, 3.05) is 6.61 Å². The van der Waals surface area contributed by atoms with E-state index in [-0.39, 0.29) is 0 Å². The average Bonchev–Trinajstić information content (AvgIpc) is 3.18. The second-order valence-corrected chi connectivity index (χ2v) is 6.30. The van der Waals surface area contributed by atoms with Crippen LogP contribution in [0.25, 0.3) is 11.4 Å². The molecule has 132 valence electrons. The highest BCUT2D eigenvalue weighted by molar-refractivity contribution is 5.60. The molecule has 0 amide bonds. The number of hydrogen-bond donors (Lipinski definition) is 0. The van der Waals surface area contributed by atoms with Crippen LogP contribution in [0.4, 0.5) is 0 Å². The Labute approximate surface area is 147 Å². The Morgan fingerprint density at radius 1 is 1.08 bits per heavy atom. The molecule has 7 nitrogen and oxygen atoms in total. The van der Waals surface area contributed by atoms with Gasteiger partial charge >= 0.3 is 0 Å². The van der Waals surface area contributed by atoms with Crippen molar-refractivity contribution in [3.8, 4) is 17.1 Å². The Bertz CT molecular complexity index is 828. The van der Waals surface area contributed by atoms with Crippen LogP contribution in [0, 0.1) is 13.8 Å². The SMILES string of the molecule is Cc1cc(-c2nnn(C)n2)cc(C)c1OCCCCc1nccn1C. The number of benzene rings is 1. The third-order valence-corrected chi connectivity index (χ3v) is 4.19. The Morgan fingerprint density at radius 3 is 2.44 bits per heavy atom. The molecule has 0 N–H and O–H groups in total. The second kappa shape index (κ2) is 7.46. The van der Waals surface area contributed by atoms with Gasteiger partial charge in [-0.15, -0.1) is 10.2 Å². The number of imidazole rings is 1. The molecule has 0 atom stereocenters. The number of nitrogens with zero attached hydrogens (tertiary/aromatic N) is 6. The van der Waals surface area contributed by atoms with Crippen LogP contribution in [0.15, 0.2) is 24.5 Å². The summed E-state index contributed by atoms with van der Waals surface area (Å²) in [6.07, 6.45) is 6.85. The smallest absolute Gasteiger partial charge is 0.204 e. The largest absolute Gasteiger partial charge is 0.493 e. The van der Waals surface area contributed by atoms with E-state index in [0.29, 0.717) is 12.4 Å². The normalized spacial score (nSPS) is 11.0. The molecule has 0 fully saturated rings. The van der Waals surface area contributed by atoms with E-state index in [0.717, 1.165) is 47.5 Å². The summed E-state index contributed by atoms with van der Waals surface area (Å²) in [4.78, 5) is 5.81. The van der Waals surface area contributed by atoms with Gasteiger partial charge in [0.2, 0.25) is 5.82 Å². The number of tetrazole rings is 1. The Kier molecular flexibility index (Phi) is 5.11. The van der Waals surface area contributed by atoms with Gasteiger partial charge in [-0.3, -0.25) is 0 Å². The first-order valence-electron chi connectivity index (χ1n) is 8.49. The minimum atomic E-state index is 0.635. The van der Waals surface area contributed by atoms with Gasteiger partial charge < -0.3 is 9.30 Å². The van der Waals surface area contributed by atoms with Crippen molar-refractivity contribution < 1.29 is 4.74 Å². The molecule has 7 heteroatoms. The lowest BCUT2D eigenvalue weighted by Crippen LogP contribution is -2.03. The van der Waals surface area contributed by atoms with Crippen molar-refractivity contribution in [3.63, 3.8) is 0 Å². The molecule has 3 aromatic rings. The molecule has 2 heterocycles. The number of ether oxygens (including phenoxy) is 1. The van der Waals surface area contributed by atoms with E-state index >= 15 is 0 Å². The fraction of sp³-hybridized carbons (Fsp3) is 0.444. The summed E-state index contributed by atoms with van der Waals surface area (Å²) in [6, 6.07) is 4.10. The third-order valence-electron chi connectivity index (χ3n) is 4.19. The van der Waals surface area contributed by atoms with Crippen LogP contribution in [0.3, 0.4) is 0 Å². The highest BCUT2D eigenvalue weighted by Crippen LogP contribution is 2.28. The highest BCUT2D eigenvalue weighted by Gasteiger charge is 2.11. The van der Waals surface area contributed by atoms with Crippen LogP contribution >= 0.6 is 0 Å². The quantitative estimate of drug-likeness (QED) is 0.618. The minimum absolute atomic E-state index is 0.635. The Hall–Kier alpha value is -2.70. The molecule has 0 bridgehead atoms. The van der Waals surface area contributed by atoms with Gasteiger partial charge in [0.1, 0.15) is 11.6 Å². The van der Waals surface area contributed by atoms with Crippen LogP contribution in [-0.4, -0.2) is 36.4 Å². The van der Waals surface area contributed by atoms with Gasteiger partial charge in [-0.25, -0.2) is 4.98 Å². The maximum Gasteiger partial charge on any atom is 0.204 e. The first-order chi connectivity index (χ1) is 12.0. The first-order valence-corrected chi connectivity index (χ1v) is 8.49. The van der Waals surface area contributed by atoms with E-state index in [2.05, 4.69) is 38.8 Å². The molecule has 0 saturated carbocycles. The molecule has 0 radical (unpaired) electrons. The summed E-state index contributed by atoms with van der Waals surface area (Å²) in [5.74, 6) is 2.70. The zero-order valence-corrected chi connectivity index (χ0v) is 15.2. The average molecular weight is 340 g/mol. The number of unbranched alkanes of at least 4 members (excludes halogenated alkanes) is 1. The van der Waals surface area contributed by atoms with E-state index in [1.807, 2.05) is 31.6 Å². The van der Waals surface area contributed by atoms with Crippen molar-refractivity contribution in [1.29, 1.82) is 0 Å². The molecular weight excluding hydrogens is 316 g/mol. The molecule has 0 unspecified atom stereocenters. The summed E-state index contributed by atoms with van der Waals surface area (Å²) < 4.78 is 8.09. The van der Waals surface area contributed by atoms with Gasteiger partial charge in [-0.2, -0.15) is 4.80 Å². The zero-order valence-electron chi connectivity index (χ0n) is 15.2. The van der Waals surface area contributed by atoms with Gasteiger partial charge in [0.05, 0.1) is 13.7 Å². The number of rotatable bonds is 7. The van der Waals surface area contributed by atoms with Gasteiger partial charge in [-0.1, -0.05) is 0 Å². The van der Waals surface area contributed by atoms with Crippen molar-refractivity contribution in [1.82, 2.24) is 29.8 Å². The van der Waals surface area contributed by atoms with Crippen LogP contribution in [0.1, 0.15) is 29.8 Å². The molecule has 0 aliphatic carbocycles. The molecule has 1 aromatic carbocycles. The topological polar surface area (TPSA) is 70.7 Å². The molecule has 0 aliphatic rings. The summed E-state index contributed by atoms with van der Waals surface area (Å²) >= 11 is 0. The van der Waals surface area contributed by atoms with E-state index in [4.69, 9.17) is 4.74 Å². The molecule has 25 heavy (non-hydrogen) atoms. The lowest BCUT2D eigenvalue weighted by Gasteiger charge is -2.13. The zero-order chi connectivity index (χ0) is 17.8. The highest BCUT2D eigenvalue weighted by atomic mass is 16.5. The maximum absolute atomic E-state index is 6.02. The molecule has 0 spiro atoms. The Balaban J connectivity index is 1.56. The molecule has 3 rings (SSSR count). The fourth-order valence-electron chi connectivity index (χ4n) is 2.90. The molecule has 2 aromatic heterocycles. The Morgan fingerprint density at radius 2 is 1.84 bits per heavy atom.